The zero-order chi connectivity index (χ0) is 12.4. The molecule has 3 fully saturated rings. The zero-order valence-electron chi connectivity index (χ0n) is 11.8. The molecule has 0 aromatic rings. The lowest BCUT2D eigenvalue weighted by atomic mass is 9.65. The van der Waals surface area contributed by atoms with Gasteiger partial charge in [-0.1, -0.05) is 44.9 Å². The zero-order valence-corrected chi connectivity index (χ0v) is 11.8. The van der Waals surface area contributed by atoms with Gasteiger partial charge in [-0.05, 0) is 55.8 Å². The number of rotatable bonds is 2. The molecule has 0 spiro atoms. The quantitative estimate of drug-likeness (QED) is 0.763. The largest absolute Gasteiger partial charge is 0.393 e. The third kappa shape index (κ3) is 2.92. The molecule has 5 unspecified atom stereocenters. The summed E-state index contributed by atoms with van der Waals surface area (Å²) < 4.78 is 0. The standard InChI is InChI=1S/C17H30O/c18-17-8-4-3-7-16(17)12-13-9-10-14-5-1-2-6-15(14)11-13/h13-18H,1-12H2. The van der Waals surface area contributed by atoms with Gasteiger partial charge < -0.3 is 5.11 Å². The molecule has 0 amide bonds. The van der Waals surface area contributed by atoms with Gasteiger partial charge in [0.15, 0.2) is 0 Å². The van der Waals surface area contributed by atoms with Crippen molar-refractivity contribution >= 4 is 0 Å². The van der Waals surface area contributed by atoms with E-state index in [1.54, 1.807) is 0 Å². The van der Waals surface area contributed by atoms with Crippen LogP contribution < -0.4 is 0 Å². The third-order valence-corrected chi connectivity index (χ3v) is 6.15. The molecule has 3 saturated carbocycles. The lowest BCUT2D eigenvalue weighted by molar-refractivity contribution is 0.0395. The Bertz CT molecular complexity index is 262. The lowest BCUT2D eigenvalue weighted by Crippen LogP contribution is -2.31. The van der Waals surface area contributed by atoms with Crippen molar-refractivity contribution < 1.29 is 5.11 Å². The SMILES string of the molecule is OC1CCCCC1CC1CCC2CCCCC2C1. The van der Waals surface area contributed by atoms with Crippen LogP contribution in [0, 0.1) is 23.7 Å². The minimum atomic E-state index is 0.0304. The maximum Gasteiger partial charge on any atom is 0.0568 e. The molecular weight excluding hydrogens is 220 g/mol. The van der Waals surface area contributed by atoms with Gasteiger partial charge in [-0.25, -0.2) is 0 Å². The summed E-state index contributed by atoms with van der Waals surface area (Å²) in [4.78, 5) is 0. The molecule has 0 heterocycles. The fourth-order valence-electron chi connectivity index (χ4n) is 5.08. The second kappa shape index (κ2) is 5.94. The number of aliphatic hydroxyl groups excluding tert-OH is 1. The summed E-state index contributed by atoms with van der Waals surface area (Å²) in [6.45, 7) is 0. The van der Waals surface area contributed by atoms with E-state index >= 15 is 0 Å². The maximum atomic E-state index is 10.1. The van der Waals surface area contributed by atoms with E-state index in [0.717, 1.165) is 24.2 Å². The van der Waals surface area contributed by atoms with Crippen molar-refractivity contribution in [2.45, 2.75) is 83.2 Å². The predicted octanol–water partition coefficient (Wildman–Crippen LogP) is 4.53. The highest BCUT2D eigenvalue weighted by Gasteiger charge is 2.34. The molecule has 0 bridgehead atoms. The van der Waals surface area contributed by atoms with Crippen molar-refractivity contribution in [3.63, 3.8) is 0 Å². The Morgan fingerprint density at radius 3 is 2.28 bits per heavy atom. The minimum absolute atomic E-state index is 0.0304. The van der Waals surface area contributed by atoms with Gasteiger partial charge in [-0.3, -0.25) is 0 Å². The normalized spacial score (nSPS) is 45.5. The molecule has 0 radical (unpaired) electrons. The second-order valence-electron chi connectivity index (χ2n) is 7.33. The summed E-state index contributed by atoms with van der Waals surface area (Å²) in [5.41, 5.74) is 0. The number of hydrogen-bond donors (Lipinski definition) is 1. The van der Waals surface area contributed by atoms with E-state index in [-0.39, 0.29) is 6.10 Å². The molecule has 0 aromatic heterocycles. The minimum Gasteiger partial charge on any atom is -0.393 e. The molecule has 5 atom stereocenters. The van der Waals surface area contributed by atoms with E-state index in [4.69, 9.17) is 0 Å². The van der Waals surface area contributed by atoms with Crippen LogP contribution in [0.15, 0.2) is 0 Å². The topological polar surface area (TPSA) is 20.2 Å². The van der Waals surface area contributed by atoms with Gasteiger partial charge in [0.2, 0.25) is 0 Å². The fraction of sp³-hybridized carbons (Fsp3) is 1.00. The first kappa shape index (κ1) is 13.0. The van der Waals surface area contributed by atoms with E-state index < -0.39 is 0 Å². The van der Waals surface area contributed by atoms with Gasteiger partial charge in [0.1, 0.15) is 0 Å². The highest BCUT2D eigenvalue weighted by Crippen LogP contribution is 2.45. The Morgan fingerprint density at radius 2 is 1.44 bits per heavy atom. The summed E-state index contributed by atoms with van der Waals surface area (Å²) in [6, 6.07) is 0. The van der Waals surface area contributed by atoms with E-state index in [2.05, 4.69) is 0 Å². The fourth-order valence-corrected chi connectivity index (χ4v) is 5.08. The van der Waals surface area contributed by atoms with E-state index in [1.165, 1.54) is 70.6 Å². The molecule has 3 aliphatic rings. The van der Waals surface area contributed by atoms with Crippen LogP contribution >= 0.6 is 0 Å². The number of fused-ring (bicyclic) bond motifs is 1. The number of aliphatic hydroxyl groups is 1. The predicted molar refractivity (Wildman–Crippen MR) is 75.4 cm³/mol. The van der Waals surface area contributed by atoms with Crippen LogP contribution in [0.2, 0.25) is 0 Å². The molecule has 0 saturated heterocycles. The van der Waals surface area contributed by atoms with E-state index in [0.29, 0.717) is 5.92 Å². The van der Waals surface area contributed by atoms with Crippen LogP contribution in [0.4, 0.5) is 0 Å². The van der Waals surface area contributed by atoms with Crippen molar-refractivity contribution in [1.29, 1.82) is 0 Å². The van der Waals surface area contributed by atoms with Crippen LogP contribution in [0.5, 0.6) is 0 Å². The Kier molecular flexibility index (Phi) is 4.28. The van der Waals surface area contributed by atoms with Gasteiger partial charge >= 0.3 is 0 Å². The average molecular weight is 250 g/mol. The van der Waals surface area contributed by atoms with E-state index in [9.17, 15) is 5.11 Å². The lowest BCUT2D eigenvalue weighted by Gasteiger charge is -2.41. The van der Waals surface area contributed by atoms with Crippen molar-refractivity contribution in [1.82, 2.24) is 0 Å². The molecule has 104 valence electrons. The van der Waals surface area contributed by atoms with Crippen LogP contribution in [-0.4, -0.2) is 11.2 Å². The van der Waals surface area contributed by atoms with Crippen LogP contribution in [0.1, 0.15) is 77.0 Å². The molecule has 18 heavy (non-hydrogen) atoms. The van der Waals surface area contributed by atoms with E-state index in [1.807, 2.05) is 0 Å². The molecule has 3 aliphatic carbocycles. The van der Waals surface area contributed by atoms with Crippen molar-refractivity contribution in [2.24, 2.45) is 23.7 Å². The Hall–Kier alpha value is -0.0400. The number of hydrogen-bond acceptors (Lipinski definition) is 1. The second-order valence-corrected chi connectivity index (χ2v) is 7.33. The first-order chi connectivity index (χ1) is 8.83. The van der Waals surface area contributed by atoms with Crippen LogP contribution in [0.3, 0.4) is 0 Å². The summed E-state index contributed by atoms with van der Waals surface area (Å²) in [5, 5.41) is 10.1. The van der Waals surface area contributed by atoms with Crippen molar-refractivity contribution in [3.05, 3.63) is 0 Å². The van der Waals surface area contributed by atoms with Gasteiger partial charge in [0.25, 0.3) is 0 Å². The smallest absolute Gasteiger partial charge is 0.0568 e. The van der Waals surface area contributed by atoms with Crippen LogP contribution in [0.25, 0.3) is 0 Å². The van der Waals surface area contributed by atoms with Crippen molar-refractivity contribution in [2.75, 3.05) is 0 Å². The first-order valence-corrected chi connectivity index (χ1v) is 8.51. The first-order valence-electron chi connectivity index (χ1n) is 8.51. The average Bonchev–Trinajstić information content (AvgIpc) is 2.41. The summed E-state index contributed by atoms with van der Waals surface area (Å²) >= 11 is 0. The van der Waals surface area contributed by atoms with Gasteiger partial charge in [0, 0.05) is 0 Å². The maximum absolute atomic E-state index is 10.1. The molecule has 1 N–H and O–H groups in total. The Balaban J connectivity index is 1.51. The Morgan fingerprint density at radius 1 is 0.722 bits per heavy atom. The van der Waals surface area contributed by atoms with Gasteiger partial charge in [0.05, 0.1) is 6.10 Å². The molecular formula is C17H30O. The molecule has 1 nitrogen and oxygen atoms in total. The van der Waals surface area contributed by atoms with Gasteiger partial charge in [-0.15, -0.1) is 0 Å². The summed E-state index contributed by atoms with van der Waals surface area (Å²) in [5.74, 6) is 3.72. The summed E-state index contributed by atoms with van der Waals surface area (Å²) in [7, 11) is 0. The Labute approximate surface area is 112 Å². The van der Waals surface area contributed by atoms with Crippen molar-refractivity contribution in [3.8, 4) is 0 Å². The molecule has 3 rings (SSSR count). The molecule has 0 aliphatic heterocycles. The van der Waals surface area contributed by atoms with Gasteiger partial charge in [-0.2, -0.15) is 0 Å². The molecule has 1 heteroatoms. The highest BCUT2D eigenvalue weighted by atomic mass is 16.3. The third-order valence-electron chi connectivity index (χ3n) is 6.15. The summed E-state index contributed by atoms with van der Waals surface area (Å²) in [6.07, 6.45) is 16.8. The van der Waals surface area contributed by atoms with Crippen LogP contribution in [-0.2, 0) is 0 Å². The monoisotopic (exact) mass is 250 g/mol. The highest BCUT2D eigenvalue weighted by molar-refractivity contribution is 4.85. The molecule has 0 aromatic carbocycles.